The molecule has 3 rings (SSSR count). The topological polar surface area (TPSA) is 54.7 Å². The van der Waals surface area contributed by atoms with Gasteiger partial charge in [0, 0.05) is 12.8 Å². The van der Waals surface area contributed by atoms with Gasteiger partial charge in [0.25, 0.3) is 0 Å². The highest BCUT2D eigenvalue weighted by molar-refractivity contribution is 7.13. The lowest BCUT2D eigenvalue weighted by atomic mass is 10.2. The molecule has 17 heavy (non-hydrogen) atoms. The van der Waals surface area contributed by atoms with E-state index in [0.29, 0.717) is 0 Å². The first kappa shape index (κ1) is 10.3. The van der Waals surface area contributed by atoms with Crippen LogP contribution in [-0.2, 0) is 12.8 Å². The Morgan fingerprint density at radius 1 is 1.24 bits per heavy atom. The number of nitrogens with zero attached hydrogens (tertiary/aromatic N) is 2. The van der Waals surface area contributed by atoms with Gasteiger partial charge in [0.1, 0.15) is 11.6 Å². The van der Waals surface area contributed by atoms with Crippen molar-refractivity contribution in [1.82, 2.24) is 15.2 Å². The van der Waals surface area contributed by atoms with E-state index in [9.17, 15) is 0 Å². The number of H-pyrrole nitrogens is 1. The van der Waals surface area contributed by atoms with E-state index in [-0.39, 0.29) is 0 Å². The Bertz CT molecular complexity index is 569. The minimum absolute atomic E-state index is 0.773. The quantitative estimate of drug-likeness (QED) is 0.769. The van der Waals surface area contributed by atoms with Crippen LogP contribution in [0.1, 0.15) is 11.6 Å². The first-order chi connectivity index (χ1) is 8.42. The van der Waals surface area contributed by atoms with E-state index in [1.54, 1.807) is 17.6 Å². The number of hydrogen-bond acceptors (Lipinski definition) is 4. The van der Waals surface area contributed by atoms with Crippen LogP contribution in [-0.4, -0.2) is 15.2 Å². The monoisotopic (exact) mass is 245 g/mol. The molecule has 0 unspecified atom stereocenters. The zero-order chi connectivity index (χ0) is 11.5. The number of aryl methyl sites for hydroxylation is 2. The summed E-state index contributed by atoms with van der Waals surface area (Å²) in [4.78, 5) is 5.54. The van der Waals surface area contributed by atoms with Crippen molar-refractivity contribution in [3.05, 3.63) is 47.5 Å². The van der Waals surface area contributed by atoms with Gasteiger partial charge in [0.05, 0.1) is 11.1 Å². The Morgan fingerprint density at radius 2 is 2.24 bits per heavy atom. The Labute approximate surface area is 102 Å². The molecule has 4 nitrogen and oxygen atoms in total. The van der Waals surface area contributed by atoms with Gasteiger partial charge in [0.2, 0.25) is 0 Å². The van der Waals surface area contributed by atoms with E-state index >= 15 is 0 Å². The van der Waals surface area contributed by atoms with Gasteiger partial charge in [-0.05, 0) is 23.6 Å². The van der Waals surface area contributed by atoms with Crippen molar-refractivity contribution >= 4 is 11.3 Å². The van der Waals surface area contributed by atoms with Crippen molar-refractivity contribution in [2.75, 3.05) is 0 Å². The molecule has 0 atom stereocenters. The smallest absolute Gasteiger partial charge is 0.191 e. The molecule has 0 aromatic carbocycles. The van der Waals surface area contributed by atoms with E-state index in [1.807, 2.05) is 29.6 Å². The lowest BCUT2D eigenvalue weighted by Crippen LogP contribution is -1.92. The average Bonchev–Trinajstić information content (AvgIpc) is 3.09. The van der Waals surface area contributed by atoms with Crippen LogP contribution in [0.15, 0.2) is 40.3 Å². The van der Waals surface area contributed by atoms with Gasteiger partial charge in [-0.3, -0.25) is 5.10 Å². The summed E-state index contributed by atoms with van der Waals surface area (Å²) in [6, 6.07) is 7.88. The van der Waals surface area contributed by atoms with Crippen LogP contribution >= 0.6 is 11.3 Å². The molecular formula is C12H11N3OS. The van der Waals surface area contributed by atoms with Gasteiger partial charge in [-0.25, -0.2) is 4.98 Å². The lowest BCUT2D eigenvalue weighted by Gasteiger charge is -1.92. The summed E-state index contributed by atoms with van der Waals surface area (Å²) in [5, 5.41) is 9.18. The van der Waals surface area contributed by atoms with Crippen LogP contribution in [0, 0.1) is 0 Å². The summed E-state index contributed by atoms with van der Waals surface area (Å²) in [5.41, 5.74) is 0. The van der Waals surface area contributed by atoms with Gasteiger partial charge >= 0.3 is 0 Å². The Hall–Kier alpha value is -1.88. The summed E-state index contributed by atoms with van der Waals surface area (Å²) >= 11 is 1.64. The number of thiophene rings is 1. The van der Waals surface area contributed by atoms with Gasteiger partial charge in [-0.15, -0.1) is 11.3 Å². The van der Waals surface area contributed by atoms with Gasteiger partial charge in [0.15, 0.2) is 5.82 Å². The number of hydrogen-bond donors (Lipinski definition) is 1. The molecule has 0 aliphatic rings. The molecule has 0 spiro atoms. The fraction of sp³-hybridized carbons (Fsp3) is 0.167. The van der Waals surface area contributed by atoms with Crippen molar-refractivity contribution in [2.24, 2.45) is 0 Å². The van der Waals surface area contributed by atoms with Crippen LogP contribution < -0.4 is 0 Å². The third kappa shape index (κ3) is 2.29. The van der Waals surface area contributed by atoms with Gasteiger partial charge in [-0.1, -0.05) is 6.07 Å². The van der Waals surface area contributed by atoms with Crippen molar-refractivity contribution in [3.8, 4) is 10.7 Å². The molecule has 0 aliphatic heterocycles. The van der Waals surface area contributed by atoms with Crippen molar-refractivity contribution in [3.63, 3.8) is 0 Å². The fourth-order valence-corrected chi connectivity index (χ4v) is 2.28. The van der Waals surface area contributed by atoms with Crippen LogP contribution in [0.3, 0.4) is 0 Å². The van der Waals surface area contributed by atoms with E-state index in [0.717, 1.165) is 35.1 Å². The normalized spacial score (nSPS) is 10.8. The molecule has 5 heteroatoms. The highest BCUT2D eigenvalue weighted by Crippen LogP contribution is 2.20. The standard InChI is InChI=1S/C12H11N3OS/c1-3-9(16-7-1)5-6-11-13-12(15-14-11)10-4-2-8-17-10/h1-4,7-8H,5-6H2,(H,13,14,15). The first-order valence-corrected chi connectivity index (χ1v) is 6.27. The molecule has 0 bridgehead atoms. The lowest BCUT2D eigenvalue weighted by molar-refractivity contribution is 0.506. The zero-order valence-electron chi connectivity index (χ0n) is 9.09. The summed E-state index contributed by atoms with van der Waals surface area (Å²) in [6.45, 7) is 0. The Kier molecular flexibility index (Phi) is 2.75. The Morgan fingerprint density at radius 3 is 3.00 bits per heavy atom. The second-order valence-corrected chi connectivity index (χ2v) is 4.61. The fourth-order valence-electron chi connectivity index (χ4n) is 1.62. The number of nitrogens with one attached hydrogen (secondary N) is 1. The molecule has 0 radical (unpaired) electrons. The molecule has 0 saturated carbocycles. The minimum atomic E-state index is 0.773. The summed E-state index contributed by atoms with van der Waals surface area (Å²) in [5.74, 6) is 2.64. The molecule has 3 heterocycles. The highest BCUT2D eigenvalue weighted by Gasteiger charge is 2.07. The van der Waals surface area contributed by atoms with Crippen molar-refractivity contribution in [1.29, 1.82) is 0 Å². The van der Waals surface area contributed by atoms with Crippen LogP contribution in [0.2, 0.25) is 0 Å². The maximum Gasteiger partial charge on any atom is 0.191 e. The number of aromatic nitrogens is 3. The van der Waals surface area contributed by atoms with Gasteiger partial charge < -0.3 is 4.42 Å². The number of aromatic amines is 1. The molecule has 0 aliphatic carbocycles. The summed E-state index contributed by atoms with van der Waals surface area (Å²) < 4.78 is 5.27. The Balaban J connectivity index is 1.69. The minimum Gasteiger partial charge on any atom is -0.469 e. The number of furan rings is 1. The second kappa shape index (κ2) is 4.55. The largest absolute Gasteiger partial charge is 0.469 e. The van der Waals surface area contributed by atoms with Crippen LogP contribution in [0.5, 0.6) is 0 Å². The molecular weight excluding hydrogens is 234 g/mol. The maximum absolute atomic E-state index is 5.27. The van der Waals surface area contributed by atoms with E-state index in [4.69, 9.17) is 4.42 Å². The molecule has 3 aromatic heterocycles. The third-order valence-corrected chi connectivity index (χ3v) is 3.33. The third-order valence-electron chi connectivity index (χ3n) is 2.46. The molecule has 0 amide bonds. The first-order valence-electron chi connectivity index (χ1n) is 5.39. The van der Waals surface area contributed by atoms with Crippen LogP contribution in [0.4, 0.5) is 0 Å². The molecule has 0 fully saturated rings. The summed E-state index contributed by atoms with van der Waals surface area (Å²) in [7, 11) is 0. The van der Waals surface area contributed by atoms with E-state index in [2.05, 4.69) is 15.2 Å². The SMILES string of the molecule is c1coc(CCc2nc(-c3cccs3)n[nH]2)c1. The summed E-state index contributed by atoms with van der Waals surface area (Å²) in [6.07, 6.45) is 3.34. The van der Waals surface area contributed by atoms with E-state index < -0.39 is 0 Å². The predicted octanol–water partition coefficient (Wildman–Crippen LogP) is 2.91. The highest BCUT2D eigenvalue weighted by atomic mass is 32.1. The average molecular weight is 245 g/mol. The maximum atomic E-state index is 5.27. The molecule has 3 aromatic rings. The zero-order valence-corrected chi connectivity index (χ0v) is 9.91. The second-order valence-electron chi connectivity index (χ2n) is 3.66. The molecule has 0 saturated heterocycles. The van der Waals surface area contributed by atoms with E-state index in [1.165, 1.54) is 0 Å². The van der Waals surface area contributed by atoms with Crippen molar-refractivity contribution < 1.29 is 4.42 Å². The van der Waals surface area contributed by atoms with Crippen LogP contribution in [0.25, 0.3) is 10.7 Å². The number of rotatable bonds is 4. The predicted molar refractivity (Wildman–Crippen MR) is 65.8 cm³/mol. The van der Waals surface area contributed by atoms with Crippen molar-refractivity contribution in [2.45, 2.75) is 12.8 Å². The van der Waals surface area contributed by atoms with Gasteiger partial charge in [-0.2, -0.15) is 5.10 Å². The molecule has 1 N–H and O–H groups in total. The molecule has 86 valence electrons.